The normalized spacial score (nSPS) is 11.9. The first kappa shape index (κ1) is 21.9. The molecule has 2 aromatic carbocycles. The molecule has 0 radical (unpaired) electrons. The molecule has 0 aliphatic carbocycles. The number of hydrogen-bond donors (Lipinski definition) is 1. The Hall–Kier alpha value is -3.82. The van der Waals surface area contributed by atoms with Gasteiger partial charge in [0.15, 0.2) is 11.4 Å². The summed E-state index contributed by atoms with van der Waals surface area (Å²) in [6.07, 6.45) is -3.74. The van der Waals surface area contributed by atoms with Gasteiger partial charge < -0.3 is 14.9 Å². The van der Waals surface area contributed by atoms with E-state index in [0.717, 1.165) is 16.4 Å². The zero-order valence-corrected chi connectivity index (χ0v) is 16.9. The third-order valence-corrected chi connectivity index (χ3v) is 4.21. The number of rotatable bonds is 6. The minimum atomic E-state index is -4.75. The van der Waals surface area contributed by atoms with Gasteiger partial charge in [-0.2, -0.15) is 18.3 Å². The summed E-state index contributed by atoms with van der Waals surface area (Å²) in [6.45, 7) is 1.79. The van der Waals surface area contributed by atoms with E-state index >= 15 is 0 Å². The van der Waals surface area contributed by atoms with Gasteiger partial charge in [0, 0.05) is 13.2 Å². The summed E-state index contributed by atoms with van der Waals surface area (Å²) in [5.41, 5.74) is -0.118. The van der Waals surface area contributed by atoms with E-state index in [1.807, 2.05) is 0 Å². The van der Waals surface area contributed by atoms with E-state index in [1.165, 1.54) is 20.2 Å². The van der Waals surface area contributed by atoms with Crippen LogP contribution in [0, 0.1) is 0 Å². The van der Waals surface area contributed by atoms with Gasteiger partial charge in [-0.1, -0.05) is 17.3 Å². The maximum Gasteiger partial charge on any atom is 0.435 e. The number of benzene rings is 2. The number of anilines is 1. The molecule has 0 aliphatic rings. The van der Waals surface area contributed by atoms with Gasteiger partial charge in [0.1, 0.15) is 12.9 Å². The lowest BCUT2D eigenvalue weighted by atomic mass is 10.1. The number of carbonyl (C=O) groups excluding carboxylic acids is 1. The number of halogens is 3. The zero-order valence-electron chi connectivity index (χ0n) is 16.9. The molecule has 0 aliphatic heterocycles. The van der Waals surface area contributed by atoms with Crippen LogP contribution in [-0.2, 0) is 18.1 Å². The van der Waals surface area contributed by atoms with Crippen LogP contribution in [0.4, 0.5) is 18.9 Å². The zero-order chi connectivity index (χ0) is 22.6. The first-order valence-corrected chi connectivity index (χ1v) is 9.06. The number of amides is 1. The third-order valence-electron chi connectivity index (χ3n) is 4.21. The van der Waals surface area contributed by atoms with Crippen LogP contribution in [0.3, 0.4) is 0 Å². The molecule has 3 aromatic rings. The fourth-order valence-corrected chi connectivity index (χ4v) is 2.79. The quantitative estimate of drug-likeness (QED) is 0.446. The molecule has 1 aromatic heterocycles. The summed E-state index contributed by atoms with van der Waals surface area (Å²) >= 11 is 0. The SMILES string of the molecule is CO/N=C(/C)c1ccc(Oc2ccccc2NC(=O)c2cn(C)nc2C(F)(F)F)cc1. The van der Waals surface area contributed by atoms with E-state index < -0.39 is 23.3 Å². The molecular weight excluding hydrogens is 413 g/mol. The summed E-state index contributed by atoms with van der Waals surface area (Å²) < 4.78 is 46.3. The molecule has 0 bridgehead atoms. The molecule has 0 atom stereocenters. The van der Waals surface area contributed by atoms with Crippen LogP contribution in [0.15, 0.2) is 59.9 Å². The van der Waals surface area contributed by atoms with Crippen molar-refractivity contribution in [3.05, 3.63) is 71.5 Å². The van der Waals surface area contributed by atoms with Gasteiger partial charge in [0.2, 0.25) is 0 Å². The first-order valence-electron chi connectivity index (χ1n) is 9.06. The minimum Gasteiger partial charge on any atom is -0.455 e. The van der Waals surface area contributed by atoms with Crippen LogP contribution >= 0.6 is 0 Å². The van der Waals surface area contributed by atoms with Crippen molar-refractivity contribution in [1.29, 1.82) is 0 Å². The summed E-state index contributed by atoms with van der Waals surface area (Å²) in [5.74, 6) is -0.213. The van der Waals surface area contributed by atoms with Gasteiger partial charge in [0.25, 0.3) is 5.91 Å². The molecule has 0 saturated carbocycles. The van der Waals surface area contributed by atoms with E-state index in [9.17, 15) is 18.0 Å². The fraction of sp³-hybridized carbons (Fsp3) is 0.190. The van der Waals surface area contributed by atoms with E-state index in [0.29, 0.717) is 11.5 Å². The molecule has 0 saturated heterocycles. The molecule has 7 nitrogen and oxygen atoms in total. The van der Waals surface area contributed by atoms with Gasteiger partial charge in [-0.25, -0.2) is 0 Å². The number of hydrogen-bond acceptors (Lipinski definition) is 5. The Kier molecular flexibility index (Phi) is 6.28. The molecule has 162 valence electrons. The van der Waals surface area contributed by atoms with Gasteiger partial charge in [-0.05, 0) is 48.9 Å². The van der Waals surface area contributed by atoms with Gasteiger partial charge in [0.05, 0.1) is 17.0 Å². The molecule has 1 N–H and O–H groups in total. The van der Waals surface area contributed by atoms with Crippen LogP contribution < -0.4 is 10.1 Å². The van der Waals surface area contributed by atoms with Gasteiger partial charge in [-0.15, -0.1) is 0 Å². The molecule has 0 fully saturated rings. The minimum absolute atomic E-state index is 0.214. The molecule has 3 rings (SSSR count). The van der Waals surface area contributed by atoms with Crippen LogP contribution in [0.1, 0.15) is 28.5 Å². The van der Waals surface area contributed by atoms with Crippen LogP contribution in [0.2, 0.25) is 0 Å². The van der Waals surface area contributed by atoms with Crippen molar-refractivity contribution in [3.63, 3.8) is 0 Å². The summed E-state index contributed by atoms with van der Waals surface area (Å²) in [7, 11) is 2.77. The predicted molar refractivity (Wildman–Crippen MR) is 108 cm³/mol. The van der Waals surface area contributed by atoms with E-state index in [4.69, 9.17) is 9.57 Å². The number of nitrogens with zero attached hydrogens (tertiary/aromatic N) is 3. The Balaban J connectivity index is 1.82. The Bertz CT molecular complexity index is 1110. The van der Waals surface area contributed by atoms with Crippen molar-refractivity contribution in [1.82, 2.24) is 9.78 Å². The van der Waals surface area contributed by atoms with E-state index in [1.54, 1.807) is 49.4 Å². The van der Waals surface area contributed by atoms with Gasteiger partial charge in [-0.3, -0.25) is 9.48 Å². The lowest BCUT2D eigenvalue weighted by Crippen LogP contribution is -2.18. The second kappa shape index (κ2) is 8.90. The number of nitrogens with one attached hydrogen (secondary N) is 1. The monoisotopic (exact) mass is 432 g/mol. The van der Waals surface area contributed by atoms with E-state index in [2.05, 4.69) is 15.6 Å². The topological polar surface area (TPSA) is 77.7 Å². The molecule has 10 heteroatoms. The highest BCUT2D eigenvalue weighted by Gasteiger charge is 2.39. The van der Waals surface area contributed by atoms with Crippen LogP contribution in [0.5, 0.6) is 11.5 Å². The largest absolute Gasteiger partial charge is 0.455 e. The Morgan fingerprint density at radius 1 is 1.13 bits per heavy atom. The third kappa shape index (κ3) is 5.21. The molecule has 31 heavy (non-hydrogen) atoms. The van der Waals surface area contributed by atoms with Crippen molar-refractivity contribution >= 4 is 17.3 Å². The Labute approximate surface area is 176 Å². The highest BCUT2D eigenvalue weighted by molar-refractivity contribution is 6.05. The number of aromatic nitrogens is 2. The number of oxime groups is 1. The van der Waals surface area contributed by atoms with E-state index in [-0.39, 0.29) is 11.4 Å². The highest BCUT2D eigenvalue weighted by Crippen LogP contribution is 2.33. The summed E-state index contributed by atoms with van der Waals surface area (Å²) in [5, 5.41) is 9.67. The molecular formula is C21H19F3N4O3. The Morgan fingerprint density at radius 3 is 2.45 bits per heavy atom. The number of aryl methyl sites for hydroxylation is 1. The van der Waals surface area contributed by atoms with Crippen LogP contribution in [0.25, 0.3) is 0 Å². The summed E-state index contributed by atoms with van der Waals surface area (Å²) in [6, 6.07) is 13.4. The predicted octanol–water partition coefficient (Wildman–Crippen LogP) is 4.85. The highest BCUT2D eigenvalue weighted by atomic mass is 19.4. The lowest BCUT2D eigenvalue weighted by Gasteiger charge is -2.13. The van der Waals surface area contributed by atoms with Crippen molar-refractivity contribution < 1.29 is 27.5 Å². The van der Waals surface area contributed by atoms with Crippen molar-refractivity contribution in [3.8, 4) is 11.5 Å². The number of ether oxygens (including phenoxy) is 1. The fourth-order valence-electron chi connectivity index (χ4n) is 2.79. The second-order valence-electron chi connectivity index (χ2n) is 6.50. The summed E-state index contributed by atoms with van der Waals surface area (Å²) in [4.78, 5) is 17.3. The number of para-hydroxylation sites is 2. The molecule has 1 amide bonds. The average molecular weight is 432 g/mol. The second-order valence-corrected chi connectivity index (χ2v) is 6.50. The number of carbonyl (C=O) groups is 1. The smallest absolute Gasteiger partial charge is 0.435 e. The van der Waals surface area contributed by atoms with Crippen molar-refractivity contribution in [2.45, 2.75) is 13.1 Å². The van der Waals surface area contributed by atoms with Crippen molar-refractivity contribution in [2.75, 3.05) is 12.4 Å². The molecule has 1 heterocycles. The van der Waals surface area contributed by atoms with Gasteiger partial charge >= 0.3 is 6.18 Å². The lowest BCUT2D eigenvalue weighted by molar-refractivity contribution is -0.141. The average Bonchev–Trinajstić information content (AvgIpc) is 3.13. The molecule has 0 spiro atoms. The molecule has 0 unspecified atom stereocenters. The van der Waals surface area contributed by atoms with Crippen molar-refractivity contribution in [2.24, 2.45) is 12.2 Å². The van der Waals surface area contributed by atoms with Crippen LogP contribution in [-0.4, -0.2) is 28.5 Å². The first-order chi connectivity index (χ1) is 14.7. The maximum absolute atomic E-state index is 13.2. The Morgan fingerprint density at radius 2 is 1.81 bits per heavy atom. The maximum atomic E-state index is 13.2. The standard InChI is InChI=1S/C21H19F3N4O3/c1-13(27-30-3)14-8-10-15(11-9-14)31-18-7-5-4-6-17(18)25-20(29)16-12-28(2)26-19(16)21(22,23)24/h4-12H,1-3H3,(H,25,29)/b27-13-. The number of alkyl halides is 3.